The maximum Gasteiger partial charge on any atom is 0.234 e. The Kier molecular flexibility index (Phi) is 7.55. The molecule has 0 radical (unpaired) electrons. The number of nitrogens with zero attached hydrogens (tertiary/aromatic N) is 1. The van der Waals surface area contributed by atoms with Gasteiger partial charge in [0.05, 0.1) is 18.2 Å². The van der Waals surface area contributed by atoms with E-state index in [0.29, 0.717) is 5.56 Å². The molecule has 2 aromatic carbocycles. The highest BCUT2D eigenvalue weighted by atomic mass is 32.2. The molecule has 1 fully saturated rings. The van der Waals surface area contributed by atoms with E-state index in [0.717, 1.165) is 40.5 Å². The van der Waals surface area contributed by atoms with Gasteiger partial charge in [0.1, 0.15) is 5.75 Å². The van der Waals surface area contributed by atoms with Crippen molar-refractivity contribution >= 4 is 46.3 Å². The van der Waals surface area contributed by atoms with E-state index >= 15 is 0 Å². The van der Waals surface area contributed by atoms with Gasteiger partial charge < -0.3 is 9.64 Å². The third kappa shape index (κ3) is 5.46. The molecule has 0 aromatic heterocycles. The molecule has 0 spiro atoms. The SMILES string of the molecule is COc1ccccc1SCC1SCCN1C(=O)CSC(=O)c1ccccc1. The first kappa shape index (κ1) is 20.2. The normalized spacial score (nSPS) is 16.3. The molecule has 7 heteroatoms. The zero-order valence-electron chi connectivity index (χ0n) is 15.0. The topological polar surface area (TPSA) is 46.6 Å². The minimum absolute atomic E-state index is 0.0277. The van der Waals surface area contributed by atoms with Gasteiger partial charge in [0.25, 0.3) is 0 Å². The molecule has 0 saturated carbocycles. The molecule has 1 heterocycles. The van der Waals surface area contributed by atoms with Crippen LogP contribution in [-0.4, -0.2) is 52.2 Å². The standard InChI is InChI=1S/C20H21NO3S3/c1-24-16-9-5-6-10-17(16)26-14-19-21(11-12-25-19)18(22)13-27-20(23)15-7-3-2-4-8-15/h2-10,19H,11-14H2,1H3. The van der Waals surface area contributed by atoms with Crippen molar-refractivity contribution in [3.05, 3.63) is 60.2 Å². The molecule has 1 aliphatic heterocycles. The van der Waals surface area contributed by atoms with Crippen LogP contribution < -0.4 is 4.74 Å². The van der Waals surface area contributed by atoms with Gasteiger partial charge in [-0.15, -0.1) is 23.5 Å². The Morgan fingerprint density at radius 3 is 2.67 bits per heavy atom. The van der Waals surface area contributed by atoms with E-state index in [1.165, 1.54) is 0 Å². The van der Waals surface area contributed by atoms with Gasteiger partial charge >= 0.3 is 0 Å². The zero-order chi connectivity index (χ0) is 19.1. The summed E-state index contributed by atoms with van der Waals surface area (Å²) in [6.07, 6.45) is 0. The zero-order valence-corrected chi connectivity index (χ0v) is 17.4. The van der Waals surface area contributed by atoms with Crippen molar-refractivity contribution in [2.45, 2.75) is 10.3 Å². The Labute approximate surface area is 172 Å². The average Bonchev–Trinajstić information content (AvgIpc) is 3.19. The van der Waals surface area contributed by atoms with Gasteiger partial charge in [-0.05, 0) is 12.1 Å². The summed E-state index contributed by atoms with van der Waals surface area (Å²) < 4.78 is 5.39. The molecule has 27 heavy (non-hydrogen) atoms. The van der Waals surface area contributed by atoms with Crippen LogP contribution >= 0.6 is 35.3 Å². The van der Waals surface area contributed by atoms with Crippen LogP contribution in [0.2, 0.25) is 0 Å². The molecular weight excluding hydrogens is 398 g/mol. The number of carbonyl (C=O) groups excluding carboxylic acids is 2. The maximum absolute atomic E-state index is 12.6. The highest BCUT2D eigenvalue weighted by Crippen LogP contribution is 2.34. The van der Waals surface area contributed by atoms with Gasteiger partial charge in [0, 0.05) is 28.5 Å². The lowest BCUT2D eigenvalue weighted by Crippen LogP contribution is -2.37. The van der Waals surface area contributed by atoms with E-state index < -0.39 is 0 Å². The molecule has 1 aliphatic rings. The van der Waals surface area contributed by atoms with E-state index in [1.807, 2.05) is 47.4 Å². The third-order valence-corrected chi connectivity index (χ3v) is 7.55. The van der Waals surface area contributed by atoms with Gasteiger partial charge in [0.15, 0.2) is 0 Å². The van der Waals surface area contributed by atoms with E-state index in [4.69, 9.17) is 4.74 Å². The monoisotopic (exact) mass is 419 g/mol. The summed E-state index contributed by atoms with van der Waals surface area (Å²) in [4.78, 5) is 27.8. The summed E-state index contributed by atoms with van der Waals surface area (Å²) in [5.74, 6) is 2.80. The molecule has 142 valence electrons. The number of hydrogen-bond acceptors (Lipinski definition) is 6. The number of rotatable bonds is 7. The van der Waals surface area contributed by atoms with Gasteiger partial charge in [-0.25, -0.2) is 0 Å². The molecule has 0 bridgehead atoms. The number of para-hydroxylation sites is 1. The fraction of sp³-hybridized carbons (Fsp3) is 0.300. The van der Waals surface area contributed by atoms with Crippen molar-refractivity contribution < 1.29 is 14.3 Å². The lowest BCUT2D eigenvalue weighted by molar-refractivity contribution is -0.128. The van der Waals surface area contributed by atoms with Crippen LogP contribution in [0.5, 0.6) is 5.75 Å². The maximum atomic E-state index is 12.6. The van der Waals surface area contributed by atoms with Crippen molar-refractivity contribution in [2.75, 3.05) is 30.9 Å². The first-order chi connectivity index (χ1) is 13.2. The Hall–Kier alpha value is -1.57. The molecule has 1 amide bonds. The van der Waals surface area contributed by atoms with Gasteiger partial charge in [-0.1, -0.05) is 54.2 Å². The number of benzene rings is 2. The number of thioether (sulfide) groups is 3. The number of amides is 1. The van der Waals surface area contributed by atoms with Crippen LogP contribution in [0, 0.1) is 0 Å². The minimum Gasteiger partial charge on any atom is -0.496 e. The van der Waals surface area contributed by atoms with Crippen LogP contribution in [0.1, 0.15) is 10.4 Å². The second-order valence-electron chi connectivity index (χ2n) is 5.82. The van der Waals surface area contributed by atoms with Gasteiger partial charge in [0.2, 0.25) is 11.0 Å². The predicted molar refractivity (Wildman–Crippen MR) is 115 cm³/mol. The van der Waals surface area contributed by atoms with Crippen molar-refractivity contribution in [3.63, 3.8) is 0 Å². The Morgan fingerprint density at radius 1 is 1.15 bits per heavy atom. The second kappa shape index (κ2) is 10.1. The summed E-state index contributed by atoms with van der Waals surface area (Å²) in [5, 5.41) is 0.0654. The first-order valence-corrected chi connectivity index (χ1v) is 11.6. The molecule has 4 nitrogen and oxygen atoms in total. The Bertz CT molecular complexity index is 785. The highest BCUT2D eigenvalue weighted by Gasteiger charge is 2.29. The molecule has 0 N–H and O–H groups in total. The molecule has 1 unspecified atom stereocenters. The van der Waals surface area contributed by atoms with Crippen LogP contribution in [0.4, 0.5) is 0 Å². The number of methoxy groups -OCH3 is 1. The Balaban J connectivity index is 1.52. The third-order valence-electron chi connectivity index (χ3n) is 4.10. The van der Waals surface area contributed by atoms with Crippen molar-refractivity contribution in [2.24, 2.45) is 0 Å². The molecule has 1 atom stereocenters. The second-order valence-corrected chi connectivity index (χ2v) is 9.11. The summed E-state index contributed by atoms with van der Waals surface area (Å²) in [5.41, 5.74) is 0.634. The molecule has 3 rings (SSSR count). The number of carbonyl (C=O) groups is 2. The summed E-state index contributed by atoms with van der Waals surface area (Å²) in [6, 6.07) is 17.0. The highest BCUT2D eigenvalue weighted by molar-refractivity contribution is 8.14. The smallest absolute Gasteiger partial charge is 0.234 e. The van der Waals surface area contributed by atoms with Crippen LogP contribution in [0.25, 0.3) is 0 Å². The quantitative estimate of drug-likeness (QED) is 0.625. The predicted octanol–water partition coefficient (Wildman–Crippen LogP) is 4.26. The van der Waals surface area contributed by atoms with E-state index in [-0.39, 0.29) is 22.1 Å². The van der Waals surface area contributed by atoms with Crippen molar-refractivity contribution in [1.29, 1.82) is 0 Å². The van der Waals surface area contributed by atoms with Crippen molar-refractivity contribution in [3.8, 4) is 5.75 Å². The van der Waals surface area contributed by atoms with Crippen LogP contribution in [0.15, 0.2) is 59.5 Å². The number of ether oxygens (including phenoxy) is 1. The van der Waals surface area contributed by atoms with E-state index in [2.05, 4.69) is 0 Å². The average molecular weight is 420 g/mol. The molecular formula is C20H21NO3S3. The molecule has 0 aliphatic carbocycles. The number of hydrogen-bond donors (Lipinski definition) is 0. The van der Waals surface area contributed by atoms with E-state index in [9.17, 15) is 9.59 Å². The lowest BCUT2D eigenvalue weighted by atomic mass is 10.2. The fourth-order valence-corrected chi connectivity index (χ4v) is 5.97. The van der Waals surface area contributed by atoms with E-state index in [1.54, 1.807) is 42.8 Å². The Morgan fingerprint density at radius 2 is 1.89 bits per heavy atom. The van der Waals surface area contributed by atoms with Crippen LogP contribution in [0.3, 0.4) is 0 Å². The largest absolute Gasteiger partial charge is 0.496 e. The van der Waals surface area contributed by atoms with Crippen LogP contribution in [-0.2, 0) is 4.79 Å². The van der Waals surface area contributed by atoms with Gasteiger partial charge in [-0.2, -0.15) is 0 Å². The van der Waals surface area contributed by atoms with Crippen molar-refractivity contribution in [1.82, 2.24) is 4.90 Å². The van der Waals surface area contributed by atoms with Gasteiger partial charge in [-0.3, -0.25) is 9.59 Å². The lowest BCUT2D eigenvalue weighted by Gasteiger charge is -2.23. The minimum atomic E-state index is -0.0595. The fourth-order valence-electron chi connectivity index (χ4n) is 2.71. The molecule has 2 aromatic rings. The summed E-state index contributed by atoms with van der Waals surface area (Å²) in [6.45, 7) is 0.737. The molecule has 1 saturated heterocycles. The summed E-state index contributed by atoms with van der Waals surface area (Å²) >= 11 is 4.57. The first-order valence-electron chi connectivity index (χ1n) is 8.58. The summed E-state index contributed by atoms with van der Waals surface area (Å²) in [7, 11) is 1.67.